The Balaban J connectivity index is 1.84. The Morgan fingerprint density at radius 1 is 1.10 bits per heavy atom. The highest BCUT2D eigenvalue weighted by atomic mass is 16.2. The summed E-state index contributed by atoms with van der Waals surface area (Å²) < 4.78 is 0. The van der Waals surface area contributed by atoms with Gasteiger partial charge in [-0.25, -0.2) is 0 Å². The van der Waals surface area contributed by atoms with E-state index in [4.69, 9.17) is 5.73 Å². The van der Waals surface area contributed by atoms with Crippen molar-refractivity contribution < 1.29 is 4.79 Å². The fourth-order valence-corrected chi connectivity index (χ4v) is 3.87. The number of nitrogens with zero attached hydrogens (tertiary/aromatic N) is 2. The minimum atomic E-state index is 0.258. The van der Waals surface area contributed by atoms with Crippen LogP contribution in [0.2, 0.25) is 0 Å². The van der Waals surface area contributed by atoms with Gasteiger partial charge in [-0.05, 0) is 45.2 Å². The summed E-state index contributed by atoms with van der Waals surface area (Å²) in [6.45, 7) is 8.48. The van der Waals surface area contributed by atoms with Crippen molar-refractivity contribution >= 4 is 5.91 Å². The van der Waals surface area contributed by atoms with Crippen LogP contribution in [0.25, 0.3) is 0 Å². The molecule has 0 aliphatic carbocycles. The van der Waals surface area contributed by atoms with Gasteiger partial charge < -0.3 is 10.6 Å². The van der Waals surface area contributed by atoms with Crippen molar-refractivity contribution in [3.05, 3.63) is 0 Å². The number of piperidine rings is 1. The molecule has 2 fully saturated rings. The van der Waals surface area contributed by atoms with Gasteiger partial charge in [0.15, 0.2) is 0 Å². The molecule has 1 atom stereocenters. The van der Waals surface area contributed by atoms with Crippen LogP contribution in [0.15, 0.2) is 0 Å². The molecular formula is C17H33N3O. The molecule has 21 heavy (non-hydrogen) atoms. The number of hydrogen-bond donors (Lipinski definition) is 1. The predicted molar refractivity (Wildman–Crippen MR) is 87.1 cm³/mol. The lowest BCUT2D eigenvalue weighted by atomic mass is 9.97. The number of carbonyl (C=O) groups excluding carboxylic acids is 1. The molecule has 2 rings (SSSR count). The Labute approximate surface area is 130 Å². The monoisotopic (exact) mass is 295 g/mol. The molecule has 0 spiro atoms. The van der Waals surface area contributed by atoms with Crippen molar-refractivity contribution in [3.8, 4) is 0 Å². The molecule has 0 aromatic carbocycles. The summed E-state index contributed by atoms with van der Waals surface area (Å²) in [5.41, 5.74) is 5.99. The van der Waals surface area contributed by atoms with E-state index in [0.717, 1.165) is 71.1 Å². The van der Waals surface area contributed by atoms with E-state index >= 15 is 0 Å². The lowest BCUT2D eigenvalue weighted by molar-refractivity contribution is -0.135. The first-order valence-electron chi connectivity index (χ1n) is 8.94. The Hall–Kier alpha value is -0.610. The maximum Gasteiger partial charge on any atom is 0.225 e. The molecule has 2 heterocycles. The second-order valence-corrected chi connectivity index (χ2v) is 6.87. The van der Waals surface area contributed by atoms with E-state index in [0.29, 0.717) is 18.0 Å². The van der Waals surface area contributed by atoms with Gasteiger partial charge in [-0.1, -0.05) is 26.7 Å². The third kappa shape index (κ3) is 4.43. The highest BCUT2D eigenvalue weighted by molar-refractivity contribution is 5.79. The smallest absolute Gasteiger partial charge is 0.225 e. The van der Waals surface area contributed by atoms with Crippen molar-refractivity contribution in [2.75, 3.05) is 26.2 Å². The fourth-order valence-electron chi connectivity index (χ4n) is 3.87. The normalized spacial score (nSPS) is 25.0. The maximum absolute atomic E-state index is 12.7. The summed E-state index contributed by atoms with van der Waals surface area (Å²) in [7, 11) is 0. The van der Waals surface area contributed by atoms with Gasteiger partial charge in [0.2, 0.25) is 5.91 Å². The number of hydrogen-bond acceptors (Lipinski definition) is 3. The molecule has 4 heteroatoms. The molecule has 2 saturated heterocycles. The first kappa shape index (κ1) is 16.8. The van der Waals surface area contributed by atoms with Crippen LogP contribution in [0, 0.1) is 5.92 Å². The van der Waals surface area contributed by atoms with Gasteiger partial charge in [-0.15, -0.1) is 0 Å². The van der Waals surface area contributed by atoms with Crippen molar-refractivity contribution in [1.29, 1.82) is 0 Å². The molecule has 1 unspecified atom stereocenters. The number of nitrogens with two attached hydrogens (primary N) is 1. The van der Waals surface area contributed by atoms with Crippen LogP contribution >= 0.6 is 0 Å². The molecule has 0 aromatic rings. The van der Waals surface area contributed by atoms with Crippen molar-refractivity contribution in [2.45, 2.75) is 70.9 Å². The summed E-state index contributed by atoms with van der Waals surface area (Å²) in [5, 5.41) is 0. The summed E-state index contributed by atoms with van der Waals surface area (Å²) in [5.74, 6) is 0.670. The first-order chi connectivity index (χ1) is 10.2. The van der Waals surface area contributed by atoms with Gasteiger partial charge in [0.05, 0.1) is 0 Å². The lowest BCUT2D eigenvalue weighted by Crippen LogP contribution is -2.46. The molecular weight excluding hydrogens is 262 g/mol. The number of carbonyl (C=O) groups is 1. The van der Waals surface area contributed by atoms with Crippen LogP contribution in [-0.4, -0.2) is 54.0 Å². The van der Waals surface area contributed by atoms with Gasteiger partial charge in [0.1, 0.15) is 0 Å². The van der Waals surface area contributed by atoms with E-state index < -0.39 is 0 Å². The van der Waals surface area contributed by atoms with Crippen LogP contribution < -0.4 is 5.73 Å². The SMILES string of the molecule is CCCC(CCC)C(=O)N1CCC(N2CCC(N)CC2)C1. The summed E-state index contributed by atoms with van der Waals surface area (Å²) in [6, 6.07) is 0.962. The summed E-state index contributed by atoms with van der Waals surface area (Å²) in [4.78, 5) is 17.4. The quantitative estimate of drug-likeness (QED) is 0.817. The van der Waals surface area contributed by atoms with E-state index in [9.17, 15) is 4.79 Å². The van der Waals surface area contributed by atoms with Crippen molar-refractivity contribution in [3.63, 3.8) is 0 Å². The zero-order chi connectivity index (χ0) is 15.2. The molecule has 4 nitrogen and oxygen atoms in total. The largest absolute Gasteiger partial charge is 0.341 e. The van der Waals surface area contributed by atoms with Gasteiger partial charge in [0.25, 0.3) is 0 Å². The standard InChI is InChI=1S/C17H33N3O/c1-3-5-14(6-4-2)17(21)20-12-9-16(13-20)19-10-7-15(18)8-11-19/h14-16H,3-13,18H2,1-2H3. The third-order valence-corrected chi connectivity index (χ3v) is 5.19. The Bertz CT molecular complexity index is 320. The molecule has 1 amide bonds. The first-order valence-corrected chi connectivity index (χ1v) is 8.94. The third-order valence-electron chi connectivity index (χ3n) is 5.19. The Kier molecular flexibility index (Phi) is 6.49. The topological polar surface area (TPSA) is 49.6 Å². The molecule has 2 aliphatic rings. The van der Waals surface area contributed by atoms with Gasteiger partial charge in [0, 0.05) is 31.1 Å². The van der Waals surface area contributed by atoms with E-state index in [-0.39, 0.29) is 5.92 Å². The second kappa shape index (κ2) is 8.14. The zero-order valence-electron chi connectivity index (χ0n) is 13.9. The fraction of sp³-hybridized carbons (Fsp3) is 0.941. The van der Waals surface area contributed by atoms with Crippen LogP contribution in [0.3, 0.4) is 0 Å². The minimum Gasteiger partial charge on any atom is -0.341 e. The molecule has 0 bridgehead atoms. The van der Waals surface area contributed by atoms with Gasteiger partial charge in [-0.2, -0.15) is 0 Å². The van der Waals surface area contributed by atoms with Crippen LogP contribution in [0.5, 0.6) is 0 Å². The van der Waals surface area contributed by atoms with Crippen molar-refractivity contribution in [2.24, 2.45) is 11.7 Å². The Morgan fingerprint density at radius 2 is 1.71 bits per heavy atom. The molecule has 0 saturated carbocycles. The summed E-state index contributed by atoms with van der Waals surface area (Å²) >= 11 is 0. The van der Waals surface area contributed by atoms with Crippen LogP contribution in [0.4, 0.5) is 0 Å². The summed E-state index contributed by atoms with van der Waals surface area (Å²) in [6.07, 6.45) is 7.68. The van der Waals surface area contributed by atoms with Gasteiger partial charge >= 0.3 is 0 Å². The molecule has 0 aromatic heterocycles. The average molecular weight is 295 g/mol. The minimum absolute atomic E-state index is 0.258. The predicted octanol–water partition coefficient (Wildman–Crippen LogP) is 2.23. The van der Waals surface area contributed by atoms with E-state index in [1.807, 2.05) is 0 Å². The molecule has 2 aliphatic heterocycles. The van der Waals surface area contributed by atoms with E-state index in [1.165, 1.54) is 0 Å². The average Bonchev–Trinajstić information content (AvgIpc) is 2.97. The maximum atomic E-state index is 12.7. The number of rotatable bonds is 6. The highest BCUT2D eigenvalue weighted by Gasteiger charge is 2.33. The van der Waals surface area contributed by atoms with Crippen molar-refractivity contribution in [1.82, 2.24) is 9.80 Å². The lowest BCUT2D eigenvalue weighted by Gasteiger charge is -2.34. The second-order valence-electron chi connectivity index (χ2n) is 6.87. The molecule has 122 valence electrons. The zero-order valence-corrected chi connectivity index (χ0v) is 13.9. The van der Waals surface area contributed by atoms with E-state index in [1.54, 1.807) is 0 Å². The van der Waals surface area contributed by atoms with Crippen LogP contribution in [-0.2, 0) is 4.79 Å². The van der Waals surface area contributed by atoms with E-state index in [2.05, 4.69) is 23.6 Å². The number of amides is 1. The number of likely N-dealkylation sites (tertiary alicyclic amines) is 2. The van der Waals surface area contributed by atoms with Gasteiger partial charge in [-0.3, -0.25) is 9.69 Å². The highest BCUT2D eigenvalue weighted by Crippen LogP contribution is 2.24. The Morgan fingerprint density at radius 3 is 2.29 bits per heavy atom. The van der Waals surface area contributed by atoms with Crippen LogP contribution in [0.1, 0.15) is 58.8 Å². The molecule has 2 N–H and O–H groups in total. The molecule has 0 radical (unpaired) electrons.